The van der Waals surface area contributed by atoms with Gasteiger partial charge in [-0.15, -0.1) is 0 Å². The molecular weight excluding hydrogens is 206 g/mol. The van der Waals surface area contributed by atoms with Gasteiger partial charge < -0.3 is 9.64 Å². The SMILES string of the molecule is COC(=O)CN(C)C(=O)C1C2CCCCC21. The van der Waals surface area contributed by atoms with Crippen molar-refractivity contribution in [3.63, 3.8) is 0 Å². The van der Waals surface area contributed by atoms with Crippen molar-refractivity contribution >= 4 is 11.9 Å². The van der Waals surface area contributed by atoms with E-state index in [1.54, 1.807) is 7.05 Å². The van der Waals surface area contributed by atoms with Gasteiger partial charge in [-0.25, -0.2) is 0 Å². The van der Waals surface area contributed by atoms with Gasteiger partial charge in [0.1, 0.15) is 6.54 Å². The van der Waals surface area contributed by atoms with Gasteiger partial charge in [-0.05, 0) is 24.7 Å². The van der Waals surface area contributed by atoms with E-state index in [1.165, 1.54) is 37.7 Å². The van der Waals surface area contributed by atoms with Gasteiger partial charge in [-0.2, -0.15) is 0 Å². The van der Waals surface area contributed by atoms with E-state index in [-0.39, 0.29) is 24.3 Å². The summed E-state index contributed by atoms with van der Waals surface area (Å²) < 4.78 is 4.56. The zero-order valence-corrected chi connectivity index (χ0v) is 9.94. The van der Waals surface area contributed by atoms with Gasteiger partial charge in [0.15, 0.2) is 0 Å². The average Bonchev–Trinajstić information content (AvgIpc) is 3.01. The minimum Gasteiger partial charge on any atom is -0.468 e. The second kappa shape index (κ2) is 4.44. The predicted octanol–water partition coefficient (Wildman–Crippen LogP) is 1.05. The van der Waals surface area contributed by atoms with Gasteiger partial charge in [0.05, 0.1) is 7.11 Å². The van der Waals surface area contributed by atoms with Crippen LogP contribution in [-0.4, -0.2) is 37.5 Å². The Bertz CT molecular complexity index is 291. The first-order chi connectivity index (χ1) is 7.65. The number of carbonyl (C=O) groups excluding carboxylic acids is 2. The number of rotatable bonds is 3. The molecule has 2 fully saturated rings. The first kappa shape index (κ1) is 11.4. The van der Waals surface area contributed by atoms with E-state index in [0.29, 0.717) is 11.8 Å². The van der Waals surface area contributed by atoms with Crippen LogP contribution < -0.4 is 0 Å². The van der Waals surface area contributed by atoms with Crippen LogP contribution in [0.3, 0.4) is 0 Å². The molecule has 0 aromatic rings. The maximum atomic E-state index is 12.0. The molecule has 16 heavy (non-hydrogen) atoms. The molecule has 0 aromatic heterocycles. The van der Waals surface area contributed by atoms with E-state index >= 15 is 0 Å². The van der Waals surface area contributed by atoms with Crippen molar-refractivity contribution in [3.8, 4) is 0 Å². The number of esters is 1. The molecule has 2 unspecified atom stereocenters. The van der Waals surface area contributed by atoms with Crippen molar-refractivity contribution in [2.45, 2.75) is 25.7 Å². The quantitative estimate of drug-likeness (QED) is 0.675. The molecule has 2 saturated carbocycles. The van der Waals surface area contributed by atoms with Gasteiger partial charge in [-0.3, -0.25) is 9.59 Å². The normalized spacial score (nSPS) is 31.5. The van der Waals surface area contributed by atoms with E-state index in [2.05, 4.69) is 4.74 Å². The lowest BCUT2D eigenvalue weighted by Gasteiger charge is -2.15. The summed E-state index contributed by atoms with van der Waals surface area (Å²) in [4.78, 5) is 24.6. The molecule has 0 saturated heterocycles. The molecule has 0 radical (unpaired) electrons. The largest absolute Gasteiger partial charge is 0.468 e. The summed E-state index contributed by atoms with van der Waals surface area (Å²) in [6.07, 6.45) is 4.89. The standard InChI is InChI=1S/C12H19NO3/c1-13(7-10(14)16-2)12(15)11-8-5-3-4-6-9(8)11/h8-9,11H,3-7H2,1-2H3. The predicted molar refractivity (Wildman–Crippen MR) is 58.6 cm³/mol. The highest BCUT2D eigenvalue weighted by Gasteiger charge is 2.55. The summed E-state index contributed by atoms with van der Waals surface area (Å²) >= 11 is 0. The molecule has 0 bridgehead atoms. The number of carbonyl (C=O) groups is 2. The van der Waals surface area contributed by atoms with E-state index in [1.807, 2.05) is 0 Å². The summed E-state index contributed by atoms with van der Waals surface area (Å²) in [5.41, 5.74) is 0. The molecule has 0 aromatic carbocycles. The van der Waals surface area contributed by atoms with E-state index in [9.17, 15) is 9.59 Å². The summed E-state index contributed by atoms with van der Waals surface area (Å²) in [6, 6.07) is 0. The highest BCUT2D eigenvalue weighted by molar-refractivity contribution is 5.85. The number of hydrogen-bond donors (Lipinski definition) is 0. The van der Waals surface area contributed by atoms with Crippen LogP contribution in [0.2, 0.25) is 0 Å². The molecule has 2 atom stereocenters. The topological polar surface area (TPSA) is 46.6 Å². The molecule has 2 aliphatic rings. The van der Waals surface area contributed by atoms with E-state index < -0.39 is 0 Å². The fourth-order valence-electron chi connectivity index (χ4n) is 2.95. The third-order valence-corrected chi connectivity index (χ3v) is 3.91. The van der Waals surface area contributed by atoms with Crippen LogP contribution in [0.15, 0.2) is 0 Å². The Hall–Kier alpha value is -1.06. The summed E-state index contributed by atoms with van der Waals surface area (Å²) in [7, 11) is 3.03. The molecule has 90 valence electrons. The van der Waals surface area contributed by atoms with Crippen molar-refractivity contribution in [2.75, 3.05) is 20.7 Å². The summed E-state index contributed by atoms with van der Waals surface area (Å²) in [5.74, 6) is 1.17. The van der Waals surface area contributed by atoms with Crippen LogP contribution in [0.4, 0.5) is 0 Å². The van der Waals surface area contributed by atoms with Crippen LogP contribution in [0.5, 0.6) is 0 Å². The van der Waals surface area contributed by atoms with Crippen LogP contribution in [-0.2, 0) is 14.3 Å². The fraction of sp³-hybridized carbons (Fsp3) is 0.833. The Kier molecular flexibility index (Phi) is 3.17. The van der Waals surface area contributed by atoms with Crippen molar-refractivity contribution in [1.82, 2.24) is 4.90 Å². The van der Waals surface area contributed by atoms with Crippen LogP contribution in [0, 0.1) is 17.8 Å². The van der Waals surface area contributed by atoms with Gasteiger partial charge in [-0.1, -0.05) is 12.8 Å². The molecule has 0 heterocycles. The van der Waals surface area contributed by atoms with Gasteiger partial charge in [0.2, 0.25) is 5.91 Å². The van der Waals surface area contributed by atoms with Gasteiger partial charge in [0.25, 0.3) is 0 Å². The Labute approximate surface area is 95.9 Å². The number of amides is 1. The number of hydrogen-bond acceptors (Lipinski definition) is 3. The molecule has 0 N–H and O–H groups in total. The van der Waals surface area contributed by atoms with E-state index in [4.69, 9.17) is 0 Å². The lowest BCUT2D eigenvalue weighted by atomic mass is 10.0. The molecule has 4 heteroatoms. The molecule has 4 nitrogen and oxygen atoms in total. The van der Waals surface area contributed by atoms with Gasteiger partial charge in [0, 0.05) is 13.0 Å². The first-order valence-corrected chi connectivity index (χ1v) is 5.97. The van der Waals surface area contributed by atoms with E-state index in [0.717, 1.165) is 0 Å². The van der Waals surface area contributed by atoms with Crippen molar-refractivity contribution in [1.29, 1.82) is 0 Å². The number of methoxy groups -OCH3 is 1. The summed E-state index contributed by atoms with van der Waals surface area (Å²) in [6.45, 7) is 0.0747. The molecule has 1 amide bonds. The highest BCUT2D eigenvalue weighted by Crippen LogP contribution is 2.55. The number of likely N-dealkylation sites (N-methyl/N-ethyl adjacent to an activating group) is 1. The Morgan fingerprint density at radius 2 is 1.81 bits per heavy atom. The fourth-order valence-corrected chi connectivity index (χ4v) is 2.95. The number of fused-ring (bicyclic) bond motifs is 1. The molecular formula is C12H19NO3. The Morgan fingerprint density at radius 3 is 2.31 bits per heavy atom. The zero-order valence-electron chi connectivity index (χ0n) is 9.94. The smallest absolute Gasteiger partial charge is 0.325 e. The third kappa shape index (κ3) is 2.06. The second-order valence-electron chi connectivity index (χ2n) is 4.91. The first-order valence-electron chi connectivity index (χ1n) is 5.97. The van der Waals surface area contributed by atoms with Crippen LogP contribution in [0.25, 0.3) is 0 Å². The van der Waals surface area contributed by atoms with Gasteiger partial charge >= 0.3 is 5.97 Å². The van der Waals surface area contributed by atoms with Crippen LogP contribution in [0.1, 0.15) is 25.7 Å². The van der Waals surface area contributed by atoms with Crippen molar-refractivity contribution < 1.29 is 14.3 Å². The zero-order chi connectivity index (χ0) is 11.7. The Balaban J connectivity index is 1.86. The molecule has 2 rings (SSSR count). The van der Waals surface area contributed by atoms with Crippen molar-refractivity contribution in [3.05, 3.63) is 0 Å². The van der Waals surface area contributed by atoms with Crippen molar-refractivity contribution in [2.24, 2.45) is 17.8 Å². The molecule has 0 aliphatic heterocycles. The monoisotopic (exact) mass is 225 g/mol. The minimum absolute atomic E-state index is 0.0747. The number of ether oxygens (including phenoxy) is 1. The number of nitrogens with zero attached hydrogens (tertiary/aromatic N) is 1. The average molecular weight is 225 g/mol. The molecule has 2 aliphatic carbocycles. The Morgan fingerprint density at radius 1 is 1.25 bits per heavy atom. The third-order valence-electron chi connectivity index (χ3n) is 3.91. The maximum absolute atomic E-state index is 12.0. The summed E-state index contributed by atoms with van der Waals surface area (Å²) in [5, 5.41) is 0. The molecule has 0 spiro atoms. The maximum Gasteiger partial charge on any atom is 0.325 e. The highest BCUT2D eigenvalue weighted by atomic mass is 16.5. The lowest BCUT2D eigenvalue weighted by molar-refractivity contribution is -0.146. The lowest BCUT2D eigenvalue weighted by Crippen LogP contribution is -2.34. The van der Waals surface area contributed by atoms with Crippen LogP contribution >= 0.6 is 0 Å². The second-order valence-corrected chi connectivity index (χ2v) is 4.91. The minimum atomic E-state index is -0.348.